The topological polar surface area (TPSA) is 47.0 Å². The number of fused-ring (bicyclic) bond motifs is 1. The molecule has 2 aromatic heterocycles. The maximum absolute atomic E-state index is 6.01. The monoisotopic (exact) mass is 265 g/mol. The number of nitrogens with one attached hydrogen (secondary N) is 1. The number of rotatable bonds is 4. The molecule has 0 amide bonds. The lowest BCUT2D eigenvalue weighted by atomic mass is 10.2. The predicted molar refractivity (Wildman–Crippen MR) is 78.8 cm³/mol. The standard InChI is InChI=1S/C16H15N3O/c1-17-10-13-7-9-18-11-15(13)20-14-6-2-4-12-5-3-8-19-16(12)14/h2-9,11,17H,10H2,1H3. The van der Waals surface area contributed by atoms with E-state index in [4.69, 9.17) is 4.74 Å². The van der Waals surface area contributed by atoms with Crippen LogP contribution in [-0.2, 0) is 6.54 Å². The highest BCUT2D eigenvalue weighted by Crippen LogP contribution is 2.29. The van der Waals surface area contributed by atoms with E-state index in [9.17, 15) is 0 Å². The number of aromatic nitrogens is 2. The number of benzene rings is 1. The summed E-state index contributed by atoms with van der Waals surface area (Å²) in [4.78, 5) is 8.52. The van der Waals surface area contributed by atoms with Crippen LogP contribution >= 0.6 is 0 Å². The average Bonchev–Trinajstić information content (AvgIpc) is 2.50. The summed E-state index contributed by atoms with van der Waals surface area (Å²) < 4.78 is 6.01. The van der Waals surface area contributed by atoms with Crippen LogP contribution in [-0.4, -0.2) is 17.0 Å². The van der Waals surface area contributed by atoms with Crippen molar-refractivity contribution >= 4 is 10.9 Å². The molecule has 0 saturated heterocycles. The van der Waals surface area contributed by atoms with Crippen LogP contribution in [0.4, 0.5) is 0 Å². The molecular formula is C16H15N3O. The second kappa shape index (κ2) is 5.67. The summed E-state index contributed by atoms with van der Waals surface area (Å²) in [5, 5.41) is 4.18. The zero-order valence-electron chi connectivity index (χ0n) is 11.2. The molecule has 0 unspecified atom stereocenters. The lowest BCUT2D eigenvalue weighted by Crippen LogP contribution is -2.06. The molecule has 3 rings (SSSR count). The molecule has 1 N–H and O–H groups in total. The van der Waals surface area contributed by atoms with Crippen molar-refractivity contribution in [2.24, 2.45) is 0 Å². The molecule has 2 heterocycles. The summed E-state index contributed by atoms with van der Waals surface area (Å²) in [6.45, 7) is 0.732. The van der Waals surface area contributed by atoms with E-state index < -0.39 is 0 Å². The lowest BCUT2D eigenvalue weighted by Gasteiger charge is -2.11. The van der Waals surface area contributed by atoms with Gasteiger partial charge in [0, 0.05) is 29.9 Å². The highest BCUT2D eigenvalue weighted by Gasteiger charge is 2.07. The number of para-hydroxylation sites is 1. The molecule has 4 heteroatoms. The summed E-state index contributed by atoms with van der Waals surface area (Å²) in [7, 11) is 1.91. The molecule has 0 saturated carbocycles. The van der Waals surface area contributed by atoms with Crippen LogP contribution in [0.25, 0.3) is 10.9 Å². The minimum Gasteiger partial charge on any atom is -0.453 e. The maximum Gasteiger partial charge on any atom is 0.153 e. The number of ether oxygens (including phenoxy) is 1. The van der Waals surface area contributed by atoms with Crippen molar-refractivity contribution in [3.8, 4) is 11.5 Å². The zero-order valence-corrected chi connectivity index (χ0v) is 11.2. The minimum absolute atomic E-state index is 0.732. The molecule has 0 aliphatic rings. The Balaban J connectivity index is 2.01. The molecule has 0 radical (unpaired) electrons. The van der Waals surface area contributed by atoms with Crippen molar-refractivity contribution < 1.29 is 4.74 Å². The molecule has 0 atom stereocenters. The van der Waals surface area contributed by atoms with E-state index in [0.717, 1.165) is 34.5 Å². The molecule has 100 valence electrons. The maximum atomic E-state index is 6.01. The van der Waals surface area contributed by atoms with Crippen LogP contribution in [0.15, 0.2) is 55.0 Å². The fourth-order valence-corrected chi connectivity index (χ4v) is 2.11. The Bertz CT molecular complexity index is 722. The molecule has 0 bridgehead atoms. The van der Waals surface area contributed by atoms with Gasteiger partial charge in [-0.2, -0.15) is 0 Å². The minimum atomic E-state index is 0.732. The van der Waals surface area contributed by atoms with Gasteiger partial charge in [0.05, 0.1) is 6.20 Å². The van der Waals surface area contributed by atoms with Gasteiger partial charge in [-0.05, 0) is 25.2 Å². The van der Waals surface area contributed by atoms with Gasteiger partial charge < -0.3 is 10.1 Å². The Labute approximate surface area is 117 Å². The second-order valence-electron chi connectivity index (χ2n) is 4.45. The van der Waals surface area contributed by atoms with Gasteiger partial charge in [0.2, 0.25) is 0 Å². The van der Waals surface area contributed by atoms with E-state index in [2.05, 4.69) is 15.3 Å². The van der Waals surface area contributed by atoms with Gasteiger partial charge in [-0.15, -0.1) is 0 Å². The highest BCUT2D eigenvalue weighted by molar-refractivity contribution is 5.84. The molecular weight excluding hydrogens is 250 g/mol. The lowest BCUT2D eigenvalue weighted by molar-refractivity contribution is 0.476. The molecule has 20 heavy (non-hydrogen) atoms. The SMILES string of the molecule is CNCc1ccncc1Oc1cccc2cccnc12. The zero-order chi connectivity index (χ0) is 13.8. The van der Waals surface area contributed by atoms with E-state index in [1.807, 2.05) is 43.4 Å². The number of pyridine rings is 2. The van der Waals surface area contributed by atoms with Gasteiger partial charge in [-0.1, -0.05) is 18.2 Å². The average molecular weight is 265 g/mol. The third-order valence-corrected chi connectivity index (χ3v) is 3.05. The number of nitrogens with zero attached hydrogens (tertiary/aromatic N) is 2. The molecule has 0 aliphatic carbocycles. The van der Waals surface area contributed by atoms with E-state index >= 15 is 0 Å². The molecule has 1 aromatic carbocycles. The largest absolute Gasteiger partial charge is 0.453 e. The van der Waals surface area contributed by atoms with E-state index in [0.29, 0.717) is 0 Å². The van der Waals surface area contributed by atoms with Crippen LogP contribution in [0.1, 0.15) is 5.56 Å². The first-order valence-electron chi connectivity index (χ1n) is 6.47. The fraction of sp³-hybridized carbons (Fsp3) is 0.125. The first-order valence-corrected chi connectivity index (χ1v) is 6.47. The smallest absolute Gasteiger partial charge is 0.153 e. The third-order valence-electron chi connectivity index (χ3n) is 3.05. The van der Waals surface area contributed by atoms with E-state index in [1.54, 1.807) is 18.6 Å². The van der Waals surface area contributed by atoms with Crippen LogP contribution in [0.3, 0.4) is 0 Å². The normalized spacial score (nSPS) is 10.7. The summed E-state index contributed by atoms with van der Waals surface area (Å²) in [5.41, 5.74) is 1.92. The molecule has 0 fully saturated rings. The third kappa shape index (κ3) is 2.46. The molecule has 3 aromatic rings. The van der Waals surface area contributed by atoms with Crippen molar-refractivity contribution in [3.05, 3.63) is 60.6 Å². The van der Waals surface area contributed by atoms with Gasteiger partial charge in [0.25, 0.3) is 0 Å². The van der Waals surface area contributed by atoms with Crippen LogP contribution in [0.2, 0.25) is 0 Å². The van der Waals surface area contributed by atoms with Crippen LogP contribution in [0.5, 0.6) is 11.5 Å². The molecule has 0 aliphatic heterocycles. The van der Waals surface area contributed by atoms with Crippen molar-refractivity contribution in [1.82, 2.24) is 15.3 Å². The summed E-state index contributed by atoms with van der Waals surface area (Å²) in [6.07, 6.45) is 5.27. The Kier molecular flexibility index (Phi) is 3.56. The van der Waals surface area contributed by atoms with Crippen molar-refractivity contribution in [2.45, 2.75) is 6.54 Å². The number of hydrogen-bond donors (Lipinski definition) is 1. The summed E-state index contributed by atoms with van der Waals surface area (Å²) >= 11 is 0. The van der Waals surface area contributed by atoms with Gasteiger partial charge in [0.15, 0.2) is 5.75 Å². The summed E-state index contributed by atoms with van der Waals surface area (Å²) in [5.74, 6) is 1.49. The molecule has 4 nitrogen and oxygen atoms in total. The van der Waals surface area contributed by atoms with Crippen molar-refractivity contribution in [2.75, 3.05) is 7.05 Å². The first-order chi connectivity index (χ1) is 9.88. The van der Waals surface area contributed by atoms with Crippen molar-refractivity contribution in [1.29, 1.82) is 0 Å². The Morgan fingerprint density at radius 3 is 2.85 bits per heavy atom. The molecule has 0 spiro atoms. The van der Waals surface area contributed by atoms with Gasteiger partial charge in [-0.3, -0.25) is 9.97 Å². The van der Waals surface area contributed by atoms with Crippen LogP contribution < -0.4 is 10.1 Å². The Morgan fingerprint density at radius 1 is 1.05 bits per heavy atom. The van der Waals surface area contributed by atoms with Gasteiger partial charge in [-0.25, -0.2) is 0 Å². The Hall–Kier alpha value is -2.46. The first kappa shape index (κ1) is 12.6. The van der Waals surface area contributed by atoms with Gasteiger partial charge in [0.1, 0.15) is 11.3 Å². The Morgan fingerprint density at radius 2 is 1.95 bits per heavy atom. The summed E-state index contributed by atoms with van der Waals surface area (Å²) in [6, 6.07) is 11.8. The quantitative estimate of drug-likeness (QED) is 0.787. The van der Waals surface area contributed by atoms with E-state index in [1.165, 1.54) is 0 Å². The van der Waals surface area contributed by atoms with Crippen LogP contribution in [0, 0.1) is 0 Å². The van der Waals surface area contributed by atoms with Crippen molar-refractivity contribution in [3.63, 3.8) is 0 Å². The van der Waals surface area contributed by atoms with Gasteiger partial charge >= 0.3 is 0 Å². The second-order valence-corrected chi connectivity index (χ2v) is 4.45. The predicted octanol–water partition coefficient (Wildman–Crippen LogP) is 3.14. The highest BCUT2D eigenvalue weighted by atomic mass is 16.5. The van der Waals surface area contributed by atoms with E-state index in [-0.39, 0.29) is 0 Å². The fourth-order valence-electron chi connectivity index (χ4n) is 2.11. The number of hydrogen-bond acceptors (Lipinski definition) is 4.